The standard InChI is InChI=1S/C22H21N5O2S/c1-29-19-4-2-3-17(10-19)20-14-30-21(27-20)9-15-5-7-18(8-6-15)26-22(28)23-11-16-12-24-25-13-16/h2-8,10,12-14H,9,11H2,1H3,(H,24,25)(H2,23,26,28). The van der Waals surface area contributed by atoms with E-state index in [9.17, 15) is 4.79 Å². The van der Waals surface area contributed by atoms with Crippen LogP contribution < -0.4 is 15.4 Å². The predicted molar refractivity (Wildman–Crippen MR) is 118 cm³/mol. The first kappa shape index (κ1) is 19.7. The van der Waals surface area contributed by atoms with Crippen LogP contribution in [0.5, 0.6) is 5.75 Å². The van der Waals surface area contributed by atoms with E-state index in [1.165, 1.54) is 0 Å². The third kappa shape index (κ3) is 5.03. The third-order valence-corrected chi connectivity index (χ3v) is 5.34. The molecule has 0 bridgehead atoms. The molecule has 2 aromatic carbocycles. The zero-order valence-corrected chi connectivity index (χ0v) is 17.2. The molecular weight excluding hydrogens is 398 g/mol. The lowest BCUT2D eigenvalue weighted by Crippen LogP contribution is -2.27. The van der Waals surface area contributed by atoms with Gasteiger partial charge in [-0.05, 0) is 29.8 Å². The molecule has 0 radical (unpaired) electrons. The summed E-state index contributed by atoms with van der Waals surface area (Å²) in [5.74, 6) is 0.818. The van der Waals surface area contributed by atoms with Crippen molar-refractivity contribution in [3.8, 4) is 17.0 Å². The number of ether oxygens (including phenoxy) is 1. The fourth-order valence-corrected chi connectivity index (χ4v) is 3.76. The van der Waals surface area contributed by atoms with Crippen LogP contribution in [0.3, 0.4) is 0 Å². The van der Waals surface area contributed by atoms with Crippen molar-refractivity contribution in [2.24, 2.45) is 0 Å². The molecule has 2 heterocycles. The van der Waals surface area contributed by atoms with Crippen molar-refractivity contribution >= 4 is 23.1 Å². The Hall–Kier alpha value is -3.65. The van der Waals surface area contributed by atoms with Gasteiger partial charge in [-0.3, -0.25) is 5.10 Å². The summed E-state index contributed by atoms with van der Waals surface area (Å²) in [4.78, 5) is 16.7. The summed E-state index contributed by atoms with van der Waals surface area (Å²) in [7, 11) is 1.66. The average Bonchev–Trinajstić information content (AvgIpc) is 3.46. The predicted octanol–water partition coefficient (Wildman–Crippen LogP) is 4.45. The molecule has 0 aliphatic heterocycles. The van der Waals surface area contributed by atoms with Crippen molar-refractivity contribution in [3.05, 3.63) is 82.4 Å². The maximum atomic E-state index is 12.0. The fourth-order valence-electron chi connectivity index (χ4n) is 2.92. The van der Waals surface area contributed by atoms with Crippen molar-refractivity contribution in [1.82, 2.24) is 20.5 Å². The zero-order chi connectivity index (χ0) is 20.8. The van der Waals surface area contributed by atoms with Crippen LogP contribution in [0.15, 0.2) is 66.3 Å². The van der Waals surface area contributed by atoms with Crippen LogP contribution in [0.25, 0.3) is 11.3 Å². The molecule has 7 nitrogen and oxygen atoms in total. The molecule has 0 aliphatic carbocycles. The van der Waals surface area contributed by atoms with Gasteiger partial charge in [-0.1, -0.05) is 24.3 Å². The summed E-state index contributed by atoms with van der Waals surface area (Å²) in [6, 6.07) is 15.4. The third-order valence-electron chi connectivity index (χ3n) is 4.49. The van der Waals surface area contributed by atoms with Crippen LogP contribution in [0, 0.1) is 0 Å². The maximum absolute atomic E-state index is 12.0. The second kappa shape index (κ2) is 9.23. The largest absolute Gasteiger partial charge is 0.497 e. The van der Waals surface area contributed by atoms with Gasteiger partial charge in [0.15, 0.2) is 0 Å². The molecular formula is C22H21N5O2S. The maximum Gasteiger partial charge on any atom is 0.319 e. The number of urea groups is 1. The highest BCUT2D eigenvalue weighted by atomic mass is 32.1. The Labute approximate surface area is 178 Å². The molecule has 0 saturated carbocycles. The molecule has 0 saturated heterocycles. The van der Waals surface area contributed by atoms with Crippen molar-refractivity contribution in [2.75, 3.05) is 12.4 Å². The van der Waals surface area contributed by atoms with E-state index in [1.807, 2.05) is 48.5 Å². The summed E-state index contributed by atoms with van der Waals surface area (Å²) in [5.41, 5.74) is 4.77. The van der Waals surface area contributed by atoms with Crippen molar-refractivity contribution in [1.29, 1.82) is 0 Å². The van der Waals surface area contributed by atoms with Gasteiger partial charge in [-0.15, -0.1) is 11.3 Å². The Balaban J connectivity index is 1.33. The van der Waals surface area contributed by atoms with Gasteiger partial charge in [0.25, 0.3) is 0 Å². The monoisotopic (exact) mass is 419 g/mol. The molecule has 2 aromatic heterocycles. The molecule has 0 spiro atoms. The highest BCUT2D eigenvalue weighted by Crippen LogP contribution is 2.26. The molecule has 0 atom stereocenters. The number of aromatic nitrogens is 3. The highest BCUT2D eigenvalue weighted by Gasteiger charge is 2.07. The first-order chi connectivity index (χ1) is 14.7. The topological polar surface area (TPSA) is 91.9 Å². The van der Waals surface area contributed by atoms with E-state index in [-0.39, 0.29) is 6.03 Å². The number of H-pyrrole nitrogens is 1. The number of carbonyl (C=O) groups is 1. The van der Waals surface area contributed by atoms with E-state index in [2.05, 4.69) is 26.2 Å². The van der Waals surface area contributed by atoms with Gasteiger partial charge < -0.3 is 15.4 Å². The minimum absolute atomic E-state index is 0.258. The van der Waals surface area contributed by atoms with E-state index in [4.69, 9.17) is 9.72 Å². The molecule has 30 heavy (non-hydrogen) atoms. The van der Waals surface area contributed by atoms with E-state index in [0.717, 1.165) is 45.2 Å². The summed E-state index contributed by atoms with van der Waals surface area (Å²) < 4.78 is 5.29. The average molecular weight is 420 g/mol. The number of nitrogens with zero attached hydrogens (tertiary/aromatic N) is 2. The van der Waals surface area contributed by atoms with Gasteiger partial charge >= 0.3 is 6.03 Å². The number of rotatable bonds is 7. The quantitative estimate of drug-likeness (QED) is 0.413. The summed E-state index contributed by atoms with van der Waals surface area (Å²) in [6.07, 6.45) is 4.16. The van der Waals surface area contributed by atoms with Crippen molar-refractivity contribution < 1.29 is 9.53 Å². The number of benzene rings is 2. The number of aromatic amines is 1. The Morgan fingerprint density at radius 2 is 2.03 bits per heavy atom. The zero-order valence-electron chi connectivity index (χ0n) is 16.4. The second-order valence-corrected chi connectivity index (χ2v) is 7.59. The number of methoxy groups -OCH3 is 1. The van der Waals surface area contributed by atoms with Crippen LogP contribution in [0.4, 0.5) is 10.5 Å². The van der Waals surface area contributed by atoms with Crippen LogP contribution in [0.1, 0.15) is 16.1 Å². The Morgan fingerprint density at radius 3 is 2.80 bits per heavy atom. The Kier molecular flexibility index (Phi) is 6.05. The van der Waals surface area contributed by atoms with Crippen LogP contribution in [-0.4, -0.2) is 28.3 Å². The van der Waals surface area contributed by atoms with E-state index in [1.54, 1.807) is 30.8 Å². The lowest BCUT2D eigenvalue weighted by Gasteiger charge is -2.07. The molecule has 4 rings (SSSR count). The molecule has 8 heteroatoms. The summed E-state index contributed by atoms with van der Waals surface area (Å²) >= 11 is 1.63. The number of nitrogens with one attached hydrogen (secondary N) is 3. The van der Waals surface area contributed by atoms with Gasteiger partial charge in [0.1, 0.15) is 5.75 Å². The number of thiazole rings is 1. The van der Waals surface area contributed by atoms with E-state index in [0.29, 0.717) is 6.54 Å². The normalized spacial score (nSPS) is 10.6. The first-order valence-corrected chi connectivity index (χ1v) is 10.3. The minimum atomic E-state index is -0.258. The fraction of sp³-hybridized carbons (Fsp3) is 0.136. The van der Waals surface area contributed by atoms with Gasteiger partial charge in [-0.25, -0.2) is 9.78 Å². The van der Waals surface area contributed by atoms with E-state index >= 15 is 0 Å². The van der Waals surface area contributed by atoms with E-state index < -0.39 is 0 Å². The second-order valence-electron chi connectivity index (χ2n) is 6.65. The van der Waals surface area contributed by atoms with Gasteiger partial charge in [0, 0.05) is 41.4 Å². The number of hydrogen-bond donors (Lipinski definition) is 3. The number of hydrogen-bond acceptors (Lipinski definition) is 5. The van der Waals surface area contributed by atoms with Crippen LogP contribution >= 0.6 is 11.3 Å². The SMILES string of the molecule is COc1cccc(-c2csc(Cc3ccc(NC(=O)NCc4cn[nH]c4)cc3)n2)c1. The molecule has 3 N–H and O–H groups in total. The lowest BCUT2D eigenvalue weighted by molar-refractivity contribution is 0.251. The minimum Gasteiger partial charge on any atom is -0.497 e. The number of amides is 2. The van der Waals surface area contributed by atoms with Gasteiger partial charge in [0.2, 0.25) is 0 Å². The molecule has 0 unspecified atom stereocenters. The van der Waals surface area contributed by atoms with Crippen molar-refractivity contribution in [3.63, 3.8) is 0 Å². The number of anilines is 1. The van der Waals surface area contributed by atoms with Crippen molar-refractivity contribution in [2.45, 2.75) is 13.0 Å². The molecule has 0 fully saturated rings. The molecule has 4 aromatic rings. The van der Waals surface area contributed by atoms with Crippen LogP contribution in [-0.2, 0) is 13.0 Å². The Bertz CT molecular complexity index is 1110. The number of carbonyl (C=O) groups excluding carboxylic acids is 1. The molecule has 0 aliphatic rings. The lowest BCUT2D eigenvalue weighted by atomic mass is 10.1. The van der Waals surface area contributed by atoms with Gasteiger partial charge in [-0.2, -0.15) is 5.10 Å². The molecule has 2 amide bonds. The summed E-state index contributed by atoms with van der Waals surface area (Å²) in [5, 5.41) is 15.3. The van der Waals surface area contributed by atoms with Crippen LogP contribution in [0.2, 0.25) is 0 Å². The first-order valence-electron chi connectivity index (χ1n) is 9.40. The van der Waals surface area contributed by atoms with Gasteiger partial charge in [0.05, 0.1) is 24.0 Å². The Morgan fingerprint density at radius 1 is 1.17 bits per heavy atom. The molecule has 152 valence electrons. The highest BCUT2D eigenvalue weighted by molar-refractivity contribution is 7.10. The summed E-state index contributed by atoms with van der Waals surface area (Å²) in [6.45, 7) is 0.417. The smallest absolute Gasteiger partial charge is 0.319 e.